The second kappa shape index (κ2) is 5.43. The quantitative estimate of drug-likeness (QED) is 0.904. The van der Waals surface area contributed by atoms with E-state index in [2.05, 4.69) is 26.0 Å². The standard InChI is InChI=1S/C15H19NO3/c1-10(2)12-5-3-11(4-6-12)8-16-9-13(15(18)19)7-14(16)17/h3-6,10,13H,7-9H2,1-2H3,(H,18,19)/t13-/m0/s1. The number of amides is 1. The fourth-order valence-corrected chi connectivity index (χ4v) is 2.32. The second-order valence-corrected chi connectivity index (χ2v) is 5.41. The van der Waals surface area contributed by atoms with Crippen LogP contribution in [0.3, 0.4) is 0 Å². The summed E-state index contributed by atoms with van der Waals surface area (Å²) in [5, 5.41) is 8.93. The molecule has 1 saturated heterocycles. The van der Waals surface area contributed by atoms with Crippen LogP contribution in [0, 0.1) is 5.92 Å². The van der Waals surface area contributed by atoms with Gasteiger partial charge in [-0.25, -0.2) is 0 Å². The van der Waals surface area contributed by atoms with E-state index >= 15 is 0 Å². The molecule has 1 N–H and O–H groups in total. The van der Waals surface area contributed by atoms with Crippen molar-refractivity contribution in [2.45, 2.75) is 32.7 Å². The number of likely N-dealkylation sites (tertiary alicyclic amines) is 1. The molecule has 4 nitrogen and oxygen atoms in total. The molecule has 0 unspecified atom stereocenters. The third-order valence-corrected chi connectivity index (χ3v) is 3.58. The second-order valence-electron chi connectivity index (χ2n) is 5.41. The molecule has 102 valence electrons. The Bertz CT molecular complexity index is 479. The van der Waals surface area contributed by atoms with E-state index in [1.165, 1.54) is 5.56 Å². The van der Waals surface area contributed by atoms with Gasteiger partial charge in [0.2, 0.25) is 5.91 Å². The number of carbonyl (C=O) groups is 2. The first-order valence-electron chi connectivity index (χ1n) is 6.56. The van der Waals surface area contributed by atoms with E-state index in [0.29, 0.717) is 19.0 Å². The van der Waals surface area contributed by atoms with E-state index in [4.69, 9.17) is 5.11 Å². The number of benzene rings is 1. The molecule has 0 radical (unpaired) electrons. The van der Waals surface area contributed by atoms with Gasteiger partial charge in [-0.3, -0.25) is 9.59 Å². The average molecular weight is 261 g/mol. The van der Waals surface area contributed by atoms with Crippen molar-refractivity contribution < 1.29 is 14.7 Å². The molecular formula is C15H19NO3. The Morgan fingerprint density at radius 3 is 2.47 bits per heavy atom. The lowest BCUT2D eigenvalue weighted by atomic mass is 10.0. The predicted octanol–water partition coefficient (Wildman–Crippen LogP) is 2.24. The third-order valence-electron chi connectivity index (χ3n) is 3.58. The van der Waals surface area contributed by atoms with Gasteiger partial charge in [-0.05, 0) is 17.0 Å². The highest BCUT2D eigenvalue weighted by atomic mass is 16.4. The van der Waals surface area contributed by atoms with Gasteiger partial charge in [-0.1, -0.05) is 38.1 Å². The first kappa shape index (κ1) is 13.6. The number of rotatable bonds is 4. The number of hydrogen-bond acceptors (Lipinski definition) is 2. The van der Waals surface area contributed by atoms with Crippen molar-refractivity contribution in [3.05, 3.63) is 35.4 Å². The van der Waals surface area contributed by atoms with Crippen molar-refractivity contribution in [3.8, 4) is 0 Å². The number of hydrogen-bond donors (Lipinski definition) is 1. The van der Waals surface area contributed by atoms with Crippen molar-refractivity contribution in [1.29, 1.82) is 0 Å². The van der Waals surface area contributed by atoms with Gasteiger partial charge in [-0.15, -0.1) is 0 Å². The van der Waals surface area contributed by atoms with E-state index in [0.717, 1.165) is 5.56 Å². The molecule has 4 heteroatoms. The van der Waals surface area contributed by atoms with Crippen LogP contribution in [0.2, 0.25) is 0 Å². The average Bonchev–Trinajstić information content (AvgIpc) is 2.72. The van der Waals surface area contributed by atoms with E-state index in [-0.39, 0.29) is 12.3 Å². The molecule has 1 aliphatic rings. The lowest BCUT2D eigenvalue weighted by molar-refractivity contribution is -0.141. The fraction of sp³-hybridized carbons (Fsp3) is 0.467. The minimum atomic E-state index is -0.883. The zero-order valence-corrected chi connectivity index (χ0v) is 11.3. The number of carboxylic acid groups (broad SMARTS) is 1. The minimum absolute atomic E-state index is 0.0691. The van der Waals surface area contributed by atoms with Crippen LogP contribution in [-0.2, 0) is 16.1 Å². The van der Waals surface area contributed by atoms with Gasteiger partial charge in [-0.2, -0.15) is 0 Å². The molecule has 1 aliphatic heterocycles. The van der Waals surface area contributed by atoms with Crippen LogP contribution in [0.1, 0.15) is 37.3 Å². The molecule has 19 heavy (non-hydrogen) atoms. The van der Waals surface area contributed by atoms with Crippen LogP contribution in [0.5, 0.6) is 0 Å². The first-order chi connectivity index (χ1) is 8.97. The number of carboxylic acids is 1. The molecule has 1 atom stereocenters. The maximum Gasteiger partial charge on any atom is 0.308 e. The van der Waals surface area contributed by atoms with Crippen LogP contribution < -0.4 is 0 Å². The zero-order valence-electron chi connectivity index (χ0n) is 11.3. The van der Waals surface area contributed by atoms with Gasteiger partial charge >= 0.3 is 5.97 Å². The highest BCUT2D eigenvalue weighted by molar-refractivity contribution is 5.86. The van der Waals surface area contributed by atoms with Crippen LogP contribution in [0.15, 0.2) is 24.3 Å². The van der Waals surface area contributed by atoms with Crippen molar-refractivity contribution in [2.24, 2.45) is 5.92 Å². The van der Waals surface area contributed by atoms with Crippen LogP contribution in [0.25, 0.3) is 0 Å². The Morgan fingerprint density at radius 2 is 2.00 bits per heavy atom. The van der Waals surface area contributed by atoms with Crippen LogP contribution in [-0.4, -0.2) is 28.4 Å². The third kappa shape index (κ3) is 3.13. The van der Waals surface area contributed by atoms with Gasteiger partial charge in [0.15, 0.2) is 0 Å². The molecular weight excluding hydrogens is 242 g/mol. The Labute approximate surface area is 113 Å². The molecule has 2 rings (SSSR count). The lowest BCUT2D eigenvalue weighted by Crippen LogP contribution is -2.25. The molecule has 1 aromatic carbocycles. The maximum absolute atomic E-state index is 11.7. The molecule has 1 amide bonds. The normalized spacial score (nSPS) is 19.2. The highest BCUT2D eigenvalue weighted by Crippen LogP contribution is 2.21. The number of aliphatic carboxylic acids is 1. The Morgan fingerprint density at radius 1 is 1.37 bits per heavy atom. The fourth-order valence-electron chi connectivity index (χ4n) is 2.32. The molecule has 0 bridgehead atoms. The summed E-state index contributed by atoms with van der Waals surface area (Å²) in [6, 6.07) is 8.15. The van der Waals surface area contributed by atoms with Gasteiger partial charge in [0.25, 0.3) is 0 Å². The summed E-state index contributed by atoms with van der Waals surface area (Å²) < 4.78 is 0. The van der Waals surface area contributed by atoms with Crippen molar-refractivity contribution in [2.75, 3.05) is 6.54 Å². The summed E-state index contributed by atoms with van der Waals surface area (Å²) in [4.78, 5) is 24.2. The number of nitrogens with zero attached hydrogens (tertiary/aromatic N) is 1. The molecule has 1 heterocycles. The summed E-state index contributed by atoms with van der Waals surface area (Å²) >= 11 is 0. The van der Waals surface area contributed by atoms with E-state index in [1.54, 1.807) is 4.90 Å². The molecule has 0 aliphatic carbocycles. The summed E-state index contributed by atoms with van der Waals surface area (Å²) in [5.41, 5.74) is 2.31. The smallest absolute Gasteiger partial charge is 0.308 e. The monoisotopic (exact) mass is 261 g/mol. The lowest BCUT2D eigenvalue weighted by Gasteiger charge is -2.16. The summed E-state index contributed by atoms with van der Waals surface area (Å²) in [6.07, 6.45) is 0.124. The van der Waals surface area contributed by atoms with Gasteiger partial charge in [0, 0.05) is 19.5 Å². The van der Waals surface area contributed by atoms with Gasteiger partial charge in [0.05, 0.1) is 5.92 Å². The molecule has 0 aromatic heterocycles. The molecule has 1 aromatic rings. The van der Waals surface area contributed by atoms with Crippen LogP contribution in [0.4, 0.5) is 0 Å². The summed E-state index contributed by atoms with van der Waals surface area (Å²) in [6.45, 7) is 5.09. The van der Waals surface area contributed by atoms with E-state index < -0.39 is 11.9 Å². The summed E-state index contributed by atoms with van der Waals surface area (Å²) in [7, 11) is 0. The molecule has 0 saturated carbocycles. The molecule has 1 fully saturated rings. The molecule has 0 spiro atoms. The van der Waals surface area contributed by atoms with Gasteiger partial charge < -0.3 is 10.0 Å². The van der Waals surface area contributed by atoms with Crippen molar-refractivity contribution >= 4 is 11.9 Å². The SMILES string of the molecule is CC(C)c1ccc(CN2C[C@@H](C(=O)O)CC2=O)cc1. The Kier molecular flexibility index (Phi) is 3.88. The largest absolute Gasteiger partial charge is 0.481 e. The van der Waals surface area contributed by atoms with Crippen molar-refractivity contribution in [1.82, 2.24) is 4.90 Å². The van der Waals surface area contributed by atoms with Crippen molar-refractivity contribution in [3.63, 3.8) is 0 Å². The first-order valence-corrected chi connectivity index (χ1v) is 6.56. The topological polar surface area (TPSA) is 57.6 Å². The van der Waals surface area contributed by atoms with E-state index in [9.17, 15) is 9.59 Å². The van der Waals surface area contributed by atoms with Crippen LogP contribution >= 0.6 is 0 Å². The zero-order chi connectivity index (χ0) is 14.0. The highest BCUT2D eigenvalue weighted by Gasteiger charge is 2.33. The minimum Gasteiger partial charge on any atom is -0.481 e. The Balaban J connectivity index is 2.01. The van der Waals surface area contributed by atoms with E-state index in [1.807, 2.05) is 12.1 Å². The van der Waals surface area contributed by atoms with Gasteiger partial charge in [0.1, 0.15) is 0 Å². The Hall–Kier alpha value is -1.84. The maximum atomic E-state index is 11.7. The predicted molar refractivity (Wildman–Crippen MR) is 71.7 cm³/mol. The summed E-state index contributed by atoms with van der Waals surface area (Å²) in [5.74, 6) is -1.02. The number of carbonyl (C=O) groups excluding carboxylic acids is 1.